The molecular formula is C18H23N5O. The number of benzene rings is 1. The van der Waals surface area contributed by atoms with Crippen molar-refractivity contribution in [3.8, 4) is 0 Å². The lowest BCUT2D eigenvalue weighted by molar-refractivity contribution is 0.0955. The summed E-state index contributed by atoms with van der Waals surface area (Å²) in [5, 5.41) is 6.15. The lowest BCUT2D eigenvalue weighted by Crippen LogP contribution is -2.29. The predicted octanol–water partition coefficient (Wildman–Crippen LogP) is 2.23. The summed E-state index contributed by atoms with van der Waals surface area (Å²) >= 11 is 0. The van der Waals surface area contributed by atoms with Crippen LogP contribution in [0.5, 0.6) is 0 Å². The van der Waals surface area contributed by atoms with Gasteiger partial charge in [0.15, 0.2) is 0 Å². The van der Waals surface area contributed by atoms with Crippen molar-refractivity contribution in [1.29, 1.82) is 0 Å². The van der Waals surface area contributed by atoms with Gasteiger partial charge < -0.3 is 15.5 Å². The van der Waals surface area contributed by atoms with E-state index in [-0.39, 0.29) is 5.91 Å². The van der Waals surface area contributed by atoms with E-state index in [9.17, 15) is 4.79 Å². The topological polar surface area (TPSA) is 70.2 Å². The molecule has 3 rings (SSSR count). The molecule has 1 saturated heterocycles. The number of hydrogen-bond acceptors (Lipinski definition) is 5. The molecule has 24 heavy (non-hydrogen) atoms. The zero-order valence-electron chi connectivity index (χ0n) is 14.0. The molecule has 0 saturated carbocycles. The van der Waals surface area contributed by atoms with Crippen molar-refractivity contribution in [1.82, 2.24) is 15.3 Å². The maximum absolute atomic E-state index is 12.1. The quantitative estimate of drug-likeness (QED) is 0.797. The van der Waals surface area contributed by atoms with Crippen LogP contribution in [0, 0.1) is 6.92 Å². The van der Waals surface area contributed by atoms with Gasteiger partial charge in [-0.25, -0.2) is 9.97 Å². The Kier molecular flexibility index (Phi) is 5.25. The van der Waals surface area contributed by atoms with E-state index in [1.807, 2.05) is 37.3 Å². The van der Waals surface area contributed by atoms with Crippen molar-refractivity contribution in [3.63, 3.8) is 0 Å². The molecule has 1 aromatic carbocycles. The summed E-state index contributed by atoms with van der Waals surface area (Å²) in [5.41, 5.74) is 1.77. The lowest BCUT2D eigenvalue weighted by Gasteiger charge is -2.16. The largest absolute Gasteiger partial charge is 0.368 e. The molecule has 0 atom stereocenters. The van der Waals surface area contributed by atoms with Crippen LogP contribution in [0.4, 0.5) is 11.6 Å². The zero-order chi connectivity index (χ0) is 16.8. The van der Waals surface area contributed by atoms with Crippen molar-refractivity contribution in [2.75, 3.05) is 36.4 Å². The molecule has 0 spiro atoms. The average molecular weight is 325 g/mol. The normalized spacial score (nSPS) is 13.8. The molecule has 1 aliphatic heterocycles. The molecule has 0 aliphatic carbocycles. The molecule has 0 radical (unpaired) electrons. The van der Waals surface area contributed by atoms with Gasteiger partial charge in [0.25, 0.3) is 5.91 Å². The van der Waals surface area contributed by atoms with Crippen LogP contribution in [0.15, 0.2) is 36.7 Å². The molecule has 1 aliphatic rings. The van der Waals surface area contributed by atoms with Crippen molar-refractivity contribution < 1.29 is 4.79 Å². The second kappa shape index (κ2) is 7.77. The lowest BCUT2D eigenvalue weighted by atomic mass is 10.1. The first kappa shape index (κ1) is 16.2. The summed E-state index contributed by atoms with van der Waals surface area (Å²) in [7, 11) is 0. The molecule has 1 fully saturated rings. The minimum absolute atomic E-state index is 0.0547. The Morgan fingerprint density at radius 2 is 2.00 bits per heavy atom. The number of amides is 1. The van der Waals surface area contributed by atoms with Crippen LogP contribution >= 0.6 is 0 Å². The summed E-state index contributed by atoms with van der Waals surface area (Å²) in [5.74, 6) is 1.70. The van der Waals surface area contributed by atoms with E-state index in [1.54, 1.807) is 6.33 Å². The molecule has 1 aromatic heterocycles. The summed E-state index contributed by atoms with van der Waals surface area (Å²) in [4.78, 5) is 22.9. The number of rotatable bonds is 6. The molecule has 2 heterocycles. The van der Waals surface area contributed by atoms with E-state index in [0.29, 0.717) is 18.7 Å². The molecule has 1 amide bonds. The van der Waals surface area contributed by atoms with E-state index in [1.165, 1.54) is 12.8 Å². The second-order valence-corrected chi connectivity index (χ2v) is 6.01. The van der Waals surface area contributed by atoms with Crippen LogP contribution in [0.1, 0.15) is 28.8 Å². The van der Waals surface area contributed by atoms with Gasteiger partial charge in [-0.2, -0.15) is 0 Å². The first-order valence-electron chi connectivity index (χ1n) is 8.38. The Balaban J connectivity index is 1.46. The van der Waals surface area contributed by atoms with Crippen LogP contribution in [-0.2, 0) is 0 Å². The predicted molar refractivity (Wildman–Crippen MR) is 95.5 cm³/mol. The Bertz CT molecular complexity index is 697. The van der Waals surface area contributed by atoms with E-state index in [0.717, 1.165) is 30.3 Å². The van der Waals surface area contributed by atoms with Crippen LogP contribution in [-0.4, -0.2) is 42.1 Å². The number of aryl methyl sites for hydroxylation is 1. The fraction of sp³-hybridized carbons (Fsp3) is 0.389. The number of nitrogens with one attached hydrogen (secondary N) is 2. The van der Waals surface area contributed by atoms with Crippen molar-refractivity contribution in [2.24, 2.45) is 0 Å². The average Bonchev–Trinajstić information content (AvgIpc) is 3.13. The smallest absolute Gasteiger partial charge is 0.251 e. The Labute approximate surface area is 142 Å². The standard InChI is InChI=1S/C18H23N5O/c1-14-5-4-6-15(11-14)18(24)20-8-7-19-16-12-17(22-13-21-16)23-9-2-3-10-23/h4-6,11-13H,2-3,7-10H2,1H3,(H,20,24)(H,19,21,22). The maximum Gasteiger partial charge on any atom is 0.251 e. The number of nitrogens with zero attached hydrogens (tertiary/aromatic N) is 3. The number of carbonyl (C=O) groups is 1. The maximum atomic E-state index is 12.1. The molecule has 0 bridgehead atoms. The Hall–Kier alpha value is -2.63. The van der Waals surface area contributed by atoms with E-state index < -0.39 is 0 Å². The molecule has 126 valence electrons. The van der Waals surface area contributed by atoms with Crippen LogP contribution in [0.3, 0.4) is 0 Å². The minimum atomic E-state index is -0.0547. The first-order chi connectivity index (χ1) is 11.7. The van der Waals surface area contributed by atoms with Gasteiger partial charge in [-0.05, 0) is 31.9 Å². The van der Waals surface area contributed by atoms with Crippen molar-refractivity contribution >= 4 is 17.5 Å². The number of anilines is 2. The number of hydrogen-bond donors (Lipinski definition) is 2. The van der Waals surface area contributed by atoms with Crippen LogP contribution in [0.2, 0.25) is 0 Å². The molecule has 2 aromatic rings. The van der Waals surface area contributed by atoms with Gasteiger partial charge in [0.1, 0.15) is 18.0 Å². The highest BCUT2D eigenvalue weighted by atomic mass is 16.1. The number of aromatic nitrogens is 2. The second-order valence-electron chi connectivity index (χ2n) is 6.01. The molecular weight excluding hydrogens is 302 g/mol. The van der Waals surface area contributed by atoms with Crippen molar-refractivity contribution in [2.45, 2.75) is 19.8 Å². The third-order valence-electron chi connectivity index (χ3n) is 4.08. The summed E-state index contributed by atoms with van der Waals surface area (Å²) in [6, 6.07) is 9.54. The number of carbonyl (C=O) groups excluding carboxylic acids is 1. The molecule has 6 heteroatoms. The van der Waals surface area contributed by atoms with Gasteiger partial charge in [-0.1, -0.05) is 17.7 Å². The fourth-order valence-electron chi connectivity index (χ4n) is 2.82. The summed E-state index contributed by atoms with van der Waals surface area (Å²) in [6.07, 6.45) is 4.02. The zero-order valence-corrected chi connectivity index (χ0v) is 14.0. The fourth-order valence-corrected chi connectivity index (χ4v) is 2.82. The van der Waals surface area contributed by atoms with Gasteiger partial charge >= 0.3 is 0 Å². The highest BCUT2D eigenvalue weighted by Gasteiger charge is 2.13. The monoisotopic (exact) mass is 325 g/mol. The Morgan fingerprint density at radius 1 is 1.17 bits per heavy atom. The van der Waals surface area contributed by atoms with Gasteiger partial charge in [0.05, 0.1) is 0 Å². The van der Waals surface area contributed by atoms with Gasteiger partial charge in [0.2, 0.25) is 0 Å². The summed E-state index contributed by atoms with van der Waals surface area (Å²) in [6.45, 7) is 5.25. The Morgan fingerprint density at radius 3 is 2.79 bits per heavy atom. The first-order valence-corrected chi connectivity index (χ1v) is 8.38. The highest BCUT2D eigenvalue weighted by molar-refractivity contribution is 5.94. The van der Waals surface area contributed by atoms with Gasteiger partial charge in [0, 0.05) is 37.8 Å². The third-order valence-corrected chi connectivity index (χ3v) is 4.08. The summed E-state index contributed by atoms with van der Waals surface area (Å²) < 4.78 is 0. The van der Waals surface area contributed by atoms with E-state index in [4.69, 9.17) is 0 Å². The third kappa shape index (κ3) is 4.22. The highest BCUT2D eigenvalue weighted by Crippen LogP contribution is 2.18. The van der Waals surface area contributed by atoms with E-state index in [2.05, 4.69) is 25.5 Å². The molecule has 2 N–H and O–H groups in total. The minimum Gasteiger partial charge on any atom is -0.368 e. The van der Waals surface area contributed by atoms with E-state index >= 15 is 0 Å². The van der Waals surface area contributed by atoms with Gasteiger partial charge in [-0.3, -0.25) is 4.79 Å². The van der Waals surface area contributed by atoms with Crippen LogP contribution < -0.4 is 15.5 Å². The van der Waals surface area contributed by atoms with Crippen molar-refractivity contribution in [3.05, 3.63) is 47.8 Å². The van der Waals surface area contributed by atoms with Crippen LogP contribution in [0.25, 0.3) is 0 Å². The molecule has 6 nitrogen and oxygen atoms in total. The van der Waals surface area contributed by atoms with Gasteiger partial charge in [-0.15, -0.1) is 0 Å². The SMILES string of the molecule is Cc1cccc(C(=O)NCCNc2cc(N3CCCC3)ncn2)c1. The molecule has 0 unspecified atom stereocenters.